The first-order valence-corrected chi connectivity index (χ1v) is 6.37. The first-order chi connectivity index (χ1) is 9.69. The second-order valence-corrected chi connectivity index (χ2v) is 5.72. The highest BCUT2D eigenvalue weighted by molar-refractivity contribution is 6.08. The molecule has 0 unspecified atom stereocenters. The van der Waals surface area contributed by atoms with E-state index in [1.807, 2.05) is 20.8 Å². The third-order valence-electron chi connectivity index (χ3n) is 2.63. The van der Waals surface area contributed by atoms with Gasteiger partial charge in [-0.3, -0.25) is 4.79 Å². The fraction of sp³-hybridized carbons (Fsp3) is 0.500. The molecule has 21 heavy (non-hydrogen) atoms. The van der Waals surface area contributed by atoms with Crippen molar-refractivity contribution in [3.8, 4) is 0 Å². The van der Waals surface area contributed by atoms with E-state index in [0.717, 1.165) is 0 Å². The minimum absolute atomic E-state index is 0.000147. The number of rotatable bonds is 4. The topological polar surface area (TPSA) is 97.5 Å². The van der Waals surface area contributed by atoms with Crippen LogP contribution in [0, 0.1) is 5.41 Å². The maximum atomic E-state index is 12.0. The van der Waals surface area contributed by atoms with Crippen LogP contribution in [0.2, 0.25) is 0 Å². The van der Waals surface area contributed by atoms with Gasteiger partial charge in [0.2, 0.25) is 5.91 Å². The van der Waals surface area contributed by atoms with Gasteiger partial charge in [-0.15, -0.1) is 0 Å². The lowest BCUT2D eigenvalue weighted by Crippen LogP contribution is -2.22. The lowest BCUT2D eigenvalue weighted by atomic mass is 9.92. The van der Waals surface area contributed by atoms with Crippen LogP contribution in [0.15, 0.2) is 6.20 Å². The molecule has 0 aromatic carbocycles. The van der Waals surface area contributed by atoms with Gasteiger partial charge >= 0.3 is 11.9 Å². The third-order valence-corrected chi connectivity index (χ3v) is 2.63. The molecule has 0 aliphatic rings. The fourth-order valence-corrected chi connectivity index (χ4v) is 1.75. The number of aromatic nitrogens is 1. The Bertz CT molecular complexity index is 521. The predicted octanol–water partition coefficient (Wildman–Crippen LogP) is 1.96. The van der Waals surface area contributed by atoms with Gasteiger partial charge < -0.3 is 19.8 Å². The van der Waals surface area contributed by atoms with Crippen molar-refractivity contribution in [1.82, 2.24) is 4.98 Å². The number of amides is 1. The first-order valence-electron chi connectivity index (χ1n) is 6.37. The molecular weight excluding hydrogens is 276 g/mol. The number of nitrogens with one attached hydrogen (secondary N) is 2. The molecule has 1 amide bonds. The Morgan fingerprint density at radius 3 is 2.19 bits per heavy atom. The zero-order valence-corrected chi connectivity index (χ0v) is 12.8. The molecule has 0 spiro atoms. The average Bonchev–Trinajstić information content (AvgIpc) is 2.78. The second-order valence-electron chi connectivity index (χ2n) is 5.72. The van der Waals surface area contributed by atoms with E-state index in [9.17, 15) is 14.4 Å². The fourth-order valence-electron chi connectivity index (χ4n) is 1.75. The molecular formula is C14H20N2O5. The summed E-state index contributed by atoms with van der Waals surface area (Å²) in [6.45, 7) is 5.73. The highest BCUT2D eigenvalue weighted by Crippen LogP contribution is 2.25. The van der Waals surface area contributed by atoms with E-state index in [1.54, 1.807) is 0 Å². The quantitative estimate of drug-likeness (QED) is 0.828. The van der Waals surface area contributed by atoms with Crippen LogP contribution in [-0.4, -0.2) is 37.0 Å². The van der Waals surface area contributed by atoms with Crippen LogP contribution < -0.4 is 5.32 Å². The molecule has 0 aliphatic heterocycles. The minimum atomic E-state index is -0.684. The Morgan fingerprint density at radius 2 is 1.71 bits per heavy atom. The summed E-state index contributed by atoms with van der Waals surface area (Å²) in [5.41, 5.74) is -0.0830. The second kappa shape index (κ2) is 6.43. The molecule has 1 heterocycles. The van der Waals surface area contributed by atoms with E-state index in [4.69, 9.17) is 0 Å². The lowest BCUT2D eigenvalue weighted by molar-refractivity contribution is -0.117. The number of ether oxygens (including phenoxy) is 2. The number of H-pyrrole nitrogens is 1. The minimum Gasteiger partial charge on any atom is -0.465 e. The molecule has 2 N–H and O–H groups in total. The molecule has 0 fully saturated rings. The highest BCUT2D eigenvalue weighted by Gasteiger charge is 2.25. The third kappa shape index (κ3) is 4.34. The number of esters is 2. The standard InChI is InChI=1S/C14H20N2O5/c1-14(2,3)6-9(17)16-10-8(12(18)20-4)7-15-11(10)13(19)21-5/h7,15H,6H2,1-5H3,(H,16,17). The van der Waals surface area contributed by atoms with Gasteiger partial charge in [0.1, 0.15) is 11.3 Å². The van der Waals surface area contributed by atoms with Gasteiger partial charge in [0.25, 0.3) is 0 Å². The average molecular weight is 296 g/mol. The molecule has 0 saturated heterocycles. The molecule has 0 radical (unpaired) electrons. The van der Waals surface area contributed by atoms with Crippen LogP contribution in [0.5, 0.6) is 0 Å². The molecule has 1 aromatic rings. The summed E-state index contributed by atoms with van der Waals surface area (Å²) in [6.07, 6.45) is 1.53. The number of carbonyl (C=O) groups is 3. The number of anilines is 1. The molecule has 0 bridgehead atoms. The van der Waals surface area contributed by atoms with Crippen molar-refractivity contribution >= 4 is 23.5 Å². The van der Waals surface area contributed by atoms with E-state index in [1.165, 1.54) is 20.4 Å². The van der Waals surface area contributed by atoms with Crippen LogP contribution >= 0.6 is 0 Å². The number of carbonyl (C=O) groups excluding carboxylic acids is 3. The van der Waals surface area contributed by atoms with Crippen molar-refractivity contribution in [1.29, 1.82) is 0 Å². The van der Waals surface area contributed by atoms with Crippen molar-refractivity contribution in [3.63, 3.8) is 0 Å². The van der Waals surface area contributed by atoms with Gasteiger partial charge in [0, 0.05) is 12.6 Å². The van der Waals surface area contributed by atoms with E-state index in [0.29, 0.717) is 0 Å². The first kappa shape index (κ1) is 16.7. The molecule has 116 valence electrons. The Balaban J connectivity index is 3.12. The summed E-state index contributed by atoms with van der Waals surface area (Å²) in [5.74, 6) is -1.65. The van der Waals surface area contributed by atoms with Gasteiger partial charge in [0.15, 0.2) is 0 Å². The zero-order chi connectivity index (χ0) is 16.2. The number of aromatic amines is 1. The molecule has 0 atom stereocenters. The van der Waals surface area contributed by atoms with E-state index in [-0.39, 0.29) is 34.7 Å². The molecule has 7 heteroatoms. The number of hydrogen-bond acceptors (Lipinski definition) is 5. The molecule has 0 aliphatic carbocycles. The summed E-state index contributed by atoms with van der Waals surface area (Å²) < 4.78 is 9.24. The molecule has 1 aromatic heterocycles. The van der Waals surface area contributed by atoms with E-state index < -0.39 is 11.9 Å². The van der Waals surface area contributed by atoms with Crippen LogP contribution in [0.1, 0.15) is 48.0 Å². The van der Waals surface area contributed by atoms with E-state index >= 15 is 0 Å². The lowest BCUT2D eigenvalue weighted by Gasteiger charge is -2.17. The molecule has 0 saturated carbocycles. The van der Waals surface area contributed by atoms with Gasteiger partial charge in [-0.2, -0.15) is 0 Å². The summed E-state index contributed by atoms with van der Waals surface area (Å²) >= 11 is 0. The molecule has 1 rings (SSSR count). The summed E-state index contributed by atoms with van der Waals surface area (Å²) in [5, 5.41) is 2.57. The maximum absolute atomic E-state index is 12.0. The normalized spacial score (nSPS) is 10.9. The zero-order valence-electron chi connectivity index (χ0n) is 12.8. The van der Waals surface area contributed by atoms with Crippen molar-refractivity contribution in [2.24, 2.45) is 5.41 Å². The van der Waals surface area contributed by atoms with Gasteiger partial charge in [-0.05, 0) is 5.41 Å². The Morgan fingerprint density at radius 1 is 1.14 bits per heavy atom. The molecule has 7 nitrogen and oxygen atoms in total. The largest absolute Gasteiger partial charge is 0.465 e. The van der Waals surface area contributed by atoms with Crippen LogP contribution in [-0.2, 0) is 14.3 Å². The van der Waals surface area contributed by atoms with Crippen molar-refractivity contribution in [2.75, 3.05) is 19.5 Å². The van der Waals surface area contributed by atoms with Crippen molar-refractivity contribution < 1.29 is 23.9 Å². The number of hydrogen-bond donors (Lipinski definition) is 2. The summed E-state index contributed by atoms with van der Waals surface area (Å²) in [4.78, 5) is 38.0. The smallest absolute Gasteiger partial charge is 0.356 e. The van der Waals surface area contributed by atoms with Crippen molar-refractivity contribution in [2.45, 2.75) is 27.2 Å². The van der Waals surface area contributed by atoms with Gasteiger partial charge in [-0.1, -0.05) is 20.8 Å². The van der Waals surface area contributed by atoms with Crippen LogP contribution in [0.3, 0.4) is 0 Å². The Labute approximate surface area is 123 Å². The van der Waals surface area contributed by atoms with Gasteiger partial charge in [0.05, 0.1) is 19.9 Å². The summed E-state index contributed by atoms with van der Waals surface area (Å²) in [6, 6.07) is 0. The van der Waals surface area contributed by atoms with Crippen LogP contribution in [0.25, 0.3) is 0 Å². The van der Waals surface area contributed by atoms with Crippen LogP contribution in [0.4, 0.5) is 5.69 Å². The Kier molecular flexibility index (Phi) is 5.12. The predicted molar refractivity (Wildman–Crippen MR) is 76.2 cm³/mol. The van der Waals surface area contributed by atoms with Crippen molar-refractivity contribution in [3.05, 3.63) is 17.5 Å². The highest BCUT2D eigenvalue weighted by atomic mass is 16.5. The number of methoxy groups -OCH3 is 2. The Hall–Kier alpha value is -2.31. The SMILES string of the molecule is COC(=O)c1c[nH]c(C(=O)OC)c1NC(=O)CC(C)(C)C. The van der Waals surface area contributed by atoms with Gasteiger partial charge in [-0.25, -0.2) is 9.59 Å². The summed E-state index contributed by atoms with van der Waals surface area (Å²) in [7, 11) is 2.43. The monoisotopic (exact) mass is 296 g/mol. The maximum Gasteiger partial charge on any atom is 0.356 e. The van der Waals surface area contributed by atoms with E-state index in [2.05, 4.69) is 19.8 Å².